The Hall–Kier alpha value is -1.47. The van der Waals surface area contributed by atoms with Crippen LogP contribution in [0.25, 0.3) is 10.4 Å². The van der Waals surface area contributed by atoms with Crippen molar-refractivity contribution in [2.45, 2.75) is 0 Å². The Morgan fingerprint density at radius 2 is 2.29 bits per heavy atom. The minimum atomic E-state index is -0.390. The number of hydrogen-bond acceptors (Lipinski definition) is 5. The van der Waals surface area contributed by atoms with Gasteiger partial charge >= 0.3 is 0 Å². The standard InChI is InChI=1S/C10H8BrN3O2S/c1-12-10-13-5-9(17-10)7-3-2-6(11)4-8(7)14(15)16/h2-5H,1H3,(H,12,13). The largest absolute Gasteiger partial charge is 0.365 e. The molecule has 0 aliphatic carbocycles. The minimum Gasteiger partial charge on any atom is -0.365 e. The van der Waals surface area contributed by atoms with Crippen LogP contribution in [0.1, 0.15) is 0 Å². The van der Waals surface area contributed by atoms with Gasteiger partial charge in [0.15, 0.2) is 5.13 Å². The number of halogens is 1. The molecule has 0 unspecified atom stereocenters. The van der Waals surface area contributed by atoms with E-state index in [1.807, 2.05) is 0 Å². The number of thiazole rings is 1. The Balaban J connectivity index is 2.54. The van der Waals surface area contributed by atoms with Gasteiger partial charge in [0.1, 0.15) is 0 Å². The maximum Gasteiger partial charge on any atom is 0.279 e. The summed E-state index contributed by atoms with van der Waals surface area (Å²) < 4.78 is 0.686. The number of aromatic nitrogens is 1. The van der Waals surface area contributed by atoms with E-state index in [0.717, 1.165) is 10.0 Å². The molecule has 7 heteroatoms. The molecule has 1 heterocycles. The van der Waals surface area contributed by atoms with E-state index in [-0.39, 0.29) is 5.69 Å². The Labute approximate surface area is 110 Å². The van der Waals surface area contributed by atoms with Crippen LogP contribution in [0.15, 0.2) is 28.9 Å². The van der Waals surface area contributed by atoms with Gasteiger partial charge in [0, 0.05) is 23.8 Å². The van der Waals surface area contributed by atoms with Gasteiger partial charge in [0.2, 0.25) is 0 Å². The summed E-state index contributed by atoms with van der Waals surface area (Å²) in [6, 6.07) is 4.99. The van der Waals surface area contributed by atoms with Gasteiger partial charge in [-0.2, -0.15) is 0 Å². The summed E-state index contributed by atoms with van der Waals surface area (Å²) in [6.07, 6.45) is 1.63. The molecule has 0 bridgehead atoms. The van der Waals surface area contributed by atoms with Crippen LogP contribution in [0, 0.1) is 10.1 Å². The summed E-state index contributed by atoms with van der Waals surface area (Å²) in [5.74, 6) is 0. The first-order valence-electron chi connectivity index (χ1n) is 4.69. The number of nitrogens with one attached hydrogen (secondary N) is 1. The molecule has 0 saturated heterocycles. The van der Waals surface area contributed by atoms with Crippen LogP contribution < -0.4 is 5.32 Å². The predicted octanol–water partition coefficient (Wildman–Crippen LogP) is 3.52. The van der Waals surface area contributed by atoms with E-state index in [1.165, 1.54) is 17.4 Å². The van der Waals surface area contributed by atoms with Gasteiger partial charge in [-0.1, -0.05) is 27.3 Å². The van der Waals surface area contributed by atoms with Crippen molar-refractivity contribution in [1.29, 1.82) is 0 Å². The molecular formula is C10H8BrN3O2S. The van der Waals surface area contributed by atoms with Crippen LogP contribution in [-0.2, 0) is 0 Å². The van der Waals surface area contributed by atoms with Crippen LogP contribution in [0.4, 0.5) is 10.8 Å². The third-order valence-corrected chi connectivity index (χ3v) is 3.68. The molecule has 17 heavy (non-hydrogen) atoms. The number of rotatable bonds is 3. The molecular weight excluding hydrogens is 306 g/mol. The van der Waals surface area contributed by atoms with E-state index in [0.29, 0.717) is 10.0 Å². The number of anilines is 1. The SMILES string of the molecule is CNc1ncc(-c2ccc(Br)cc2[N+](=O)[O-])s1. The van der Waals surface area contributed by atoms with Gasteiger partial charge in [0.05, 0.1) is 15.4 Å². The maximum absolute atomic E-state index is 11.0. The summed E-state index contributed by atoms with van der Waals surface area (Å²) in [7, 11) is 1.76. The molecule has 2 rings (SSSR count). The highest BCUT2D eigenvalue weighted by Crippen LogP contribution is 2.36. The van der Waals surface area contributed by atoms with E-state index in [1.54, 1.807) is 25.4 Å². The molecule has 1 aromatic heterocycles. The second-order valence-electron chi connectivity index (χ2n) is 3.20. The second kappa shape index (κ2) is 4.80. The lowest BCUT2D eigenvalue weighted by Gasteiger charge is -2.00. The van der Waals surface area contributed by atoms with Crippen LogP contribution in [0.2, 0.25) is 0 Å². The fraction of sp³-hybridized carbons (Fsp3) is 0.100. The van der Waals surface area contributed by atoms with Gasteiger partial charge in [-0.05, 0) is 12.1 Å². The number of nitrogens with zero attached hydrogens (tertiary/aromatic N) is 2. The minimum absolute atomic E-state index is 0.0747. The van der Waals surface area contributed by atoms with Gasteiger partial charge < -0.3 is 5.32 Å². The van der Waals surface area contributed by atoms with Gasteiger partial charge in [-0.25, -0.2) is 4.98 Å². The third kappa shape index (κ3) is 2.45. The number of nitro groups is 1. The van der Waals surface area contributed by atoms with E-state index in [2.05, 4.69) is 26.2 Å². The molecule has 0 saturated carbocycles. The first-order valence-corrected chi connectivity index (χ1v) is 6.30. The van der Waals surface area contributed by atoms with Gasteiger partial charge in [-0.15, -0.1) is 0 Å². The molecule has 1 N–H and O–H groups in total. The van der Waals surface area contributed by atoms with Crippen LogP contribution >= 0.6 is 27.3 Å². The summed E-state index contributed by atoms with van der Waals surface area (Å²) in [5, 5.41) is 14.6. The van der Waals surface area contributed by atoms with E-state index in [4.69, 9.17) is 0 Å². The molecule has 0 aliphatic heterocycles. The predicted molar refractivity (Wildman–Crippen MR) is 71.5 cm³/mol. The molecule has 0 spiro atoms. The van der Waals surface area contributed by atoms with Crippen molar-refractivity contribution >= 4 is 38.1 Å². The molecule has 88 valence electrons. The van der Waals surface area contributed by atoms with E-state index < -0.39 is 4.92 Å². The molecule has 0 atom stereocenters. The molecule has 2 aromatic rings. The fourth-order valence-electron chi connectivity index (χ4n) is 1.38. The van der Waals surface area contributed by atoms with Crippen molar-refractivity contribution in [1.82, 2.24) is 4.98 Å². The van der Waals surface area contributed by atoms with Crippen LogP contribution in [0.5, 0.6) is 0 Å². The highest BCUT2D eigenvalue weighted by Gasteiger charge is 2.17. The monoisotopic (exact) mass is 313 g/mol. The molecule has 5 nitrogen and oxygen atoms in total. The van der Waals surface area contributed by atoms with Crippen LogP contribution in [-0.4, -0.2) is 17.0 Å². The lowest BCUT2D eigenvalue weighted by atomic mass is 10.1. The first-order chi connectivity index (χ1) is 8.11. The second-order valence-corrected chi connectivity index (χ2v) is 5.14. The first kappa shape index (κ1) is 12.0. The van der Waals surface area contributed by atoms with Crippen LogP contribution in [0.3, 0.4) is 0 Å². The zero-order valence-corrected chi connectivity index (χ0v) is 11.2. The Morgan fingerprint density at radius 3 is 2.88 bits per heavy atom. The maximum atomic E-state index is 11.0. The van der Waals surface area contributed by atoms with Gasteiger partial charge in [-0.3, -0.25) is 10.1 Å². The summed E-state index contributed by atoms with van der Waals surface area (Å²) in [4.78, 5) is 15.5. The molecule has 0 radical (unpaired) electrons. The number of hydrogen-bond donors (Lipinski definition) is 1. The topological polar surface area (TPSA) is 68.1 Å². The Morgan fingerprint density at radius 1 is 1.53 bits per heavy atom. The van der Waals surface area contributed by atoms with Crippen molar-refractivity contribution in [3.8, 4) is 10.4 Å². The lowest BCUT2D eigenvalue weighted by Crippen LogP contribution is -1.90. The fourth-order valence-corrected chi connectivity index (χ4v) is 2.53. The summed E-state index contributed by atoms with van der Waals surface area (Å²) in [6.45, 7) is 0. The lowest BCUT2D eigenvalue weighted by molar-refractivity contribution is -0.384. The highest BCUT2D eigenvalue weighted by atomic mass is 79.9. The van der Waals surface area contributed by atoms with Gasteiger partial charge in [0.25, 0.3) is 5.69 Å². The molecule has 0 aliphatic rings. The third-order valence-electron chi connectivity index (χ3n) is 2.14. The van der Waals surface area contributed by atoms with E-state index in [9.17, 15) is 10.1 Å². The normalized spacial score (nSPS) is 10.2. The molecule has 0 amide bonds. The Kier molecular flexibility index (Phi) is 3.39. The molecule has 0 fully saturated rings. The zero-order valence-electron chi connectivity index (χ0n) is 8.81. The average molecular weight is 314 g/mol. The number of nitro benzene ring substituents is 1. The quantitative estimate of drug-likeness (QED) is 0.695. The van der Waals surface area contributed by atoms with Crippen molar-refractivity contribution in [3.05, 3.63) is 39.0 Å². The average Bonchev–Trinajstić information content (AvgIpc) is 2.77. The van der Waals surface area contributed by atoms with Crippen molar-refractivity contribution in [3.63, 3.8) is 0 Å². The summed E-state index contributed by atoms with van der Waals surface area (Å²) in [5.41, 5.74) is 0.655. The zero-order chi connectivity index (χ0) is 12.4. The molecule has 1 aromatic carbocycles. The van der Waals surface area contributed by atoms with E-state index >= 15 is 0 Å². The number of benzene rings is 1. The highest BCUT2D eigenvalue weighted by molar-refractivity contribution is 9.10. The smallest absolute Gasteiger partial charge is 0.279 e. The van der Waals surface area contributed by atoms with Crippen molar-refractivity contribution < 1.29 is 4.92 Å². The Bertz CT molecular complexity index is 570. The van der Waals surface area contributed by atoms with Crippen molar-refractivity contribution in [2.75, 3.05) is 12.4 Å². The van der Waals surface area contributed by atoms with Crippen molar-refractivity contribution in [2.24, 2.45) is 0 Å². The summed E-state index contributed by atoms with van der Waals surface area (Å²) >= 11 is 4.61.